The first-order valence-electron chi connectivity index (χ1n) is 5.82. The monoisotopic (exact) mass is 308 g/mol. The fourth-order valence-corrected chi connectivity index (χ4v) is 2.36. The predicted octanol–water partition coefficient (Wildman–Crippen LogP) is 3.68. The largest absolute Gasteiger partial charge is 0.305 e. The molecule has 0 aliphatic heterocycles. The van der Waals surface area contributed by atoms with Gasteiger partial charge in [-0.3, -0.25) is 4.98 Å². The van der Waals surface area contributed by atoms with E-state index >= 15 is 0 Å². The first-order chi connectivity index (χ1) is 8.74. The van der Waals surface area contributed by atoms with E-state index in [1.165, 1.54) is 6.07 Å². The lowest BCUT2D eigenvalue weighted by atomic mass is 10.0. The van der Waals surface area contributed by atoms with Crippen molar-refractivity contribution in [2.75, 3.05) is 6.54 Å². The quantitative estimate of drug-likeness (QED) is 0.932. The molecule has 4 heteroatoms. The molecule has 0 saturated carbocycles. The maximum atomic E-state index is 13.9. The third-order valence-electron chi connectivity index (χ3n) is 2.68. The number of nitrogens with zero attached hydrogens (tertiary/aromatic N) is 1. The number of benzene rings is 1. The molecule has 18 heavy (non-hydrogen) atoms. The lowest BCUT2D eigenvalue weighted by Crippen LogP contribution is -2.24. The van der Waals surface area contributed by atoms with Gasteiger partial charge in [-0.1, -0.05) is 25.1 Å². The molecule has 2 nitrogen and oxygen atoms in total. The summed E-state index contributed by atoms with van der Waals surface area (Å²) in [7, 11) is 0. The minimum absolute atomic E-state index is 0.221. The van der Waals surface area contributed by atoms with E-state index in [4.69, 9.17) is 0 Å². The van der Waals surface area contributed by atoms with Crippen molar-refractivity contribution in [1.29, 1.82) is 0 Å². The van der Waals surface area contributed by atoms with Crippen LogP contribution in [0.15, 0.2) is 47.1 Å². The fourth-order valence-electron chi connectivity index (χ4n) is 1.88. The Morgan fingerprint density at radius 3 is 2.72 bits per heavy atom. The highest BCUT2D eigenvalue weighted by Gasteiger charge is 2.19. The standard InChI is InChI=1S/C14H14BrFN2/c1-2-17-13(10-6-3-4-8-12(10)16)14-11(15)7-5-9-18-14/h3-9,13,17H,2H2,1H3. The zero-order valence-electron chi connectivity index (χ0n) is 10.0. The van der Waals surface area contributed by atoms with Crippen LogP contribution in [0.1, 0.15) is 24.2 Å². The second-order valence-corrected chi connectivity index (χ2v) is 4.74. The molecule has 0 saturated heterocycles. The summed E-state index contributed by atoms with van der Waals surface area (Å²) >= 11 is 3.46. The van der Waals surface area contributed by atoms with E-state index in [-0.39, 0.29) is 11.9 Å². The van der Waals surface area contributed by atoms with E-state index in [0.717, 1.165) is 16.7 Å². The fraction of sp³-hybridized carbons (Fsp3) is 0.214. The van der Waals surface area contributed by atoms with Gasteiger partial charge in [0.2, 0.25) is 0 Å². The summed E-state index contributed by atoms with van der Waals surface area (Å²) in [6.07, 6.45) is 1.71. The Labute approximate surface area is 114 Å². The Kier molecular flexibility index (Phi) is 4.44. The van der Waals surface area contributed by atoms with Gasteiger partial charge in [0.25, 0.3) is 0 Å². The smallest absolute Gasteiger partial charge is 0.128 e. The number of rotatable bonds is 4. The average Bonchev–Trinajstić information content (AvgIpc) is 2.38. The van der Waals surface area contributed by atoms with Crippen molar-refractivity contribution < 1.29 is 4.39 Å². The van der Waals surface area contributed by atoms with Crippen molar-refractivity contribution in [3.8, 4) is 0 Å². The molecule has 0 radical (unpaired) electrons. The highest BCUT2D eigenvalue weighted by atomic mass is 79.9. The average molecular weight is 309 g/mol. The molecule has 0 amide bonds. The lowest BCUT2D eigenvalue weighted by molar-refractivity contribution is 0.551. The molecule has 0 aliphatic carbocycles. The van der Waals surface area contributed by atoms with Crippen molar-refractivity contribution in [3.05, 3.63) is 64.1 Å². The molecule has 0 bridgehead atoms. The molecule has 2 rings (SSSR count). The molecular weight excluding hydrogens is 295 g/mol. The normalized spacial score (nSPS) is 12.4. The molecule has 1 N–H and O–H groups in total. The highest BCUT2D eigenvalue weighted by molar-refractivity contribution is 9.10. The van der Waals surface area contributed by atoms with Crippen LogP contribution < -0.4 is 5.32 Å². The number of nitrogens with one attached hydrogen (secondary N) is 1. The minimum Gasteiger partial charge on any atom is -0.305 e. The summed E-state index contributed by atoms with van der Waals surface area (Å²) in [6.45, 7) is 2.73. The van der Waals surface area contributed by atoms with Gasteiger partial charge in [0.15, 0.2) is 0 Å². The zero-order valence-corrected chi connectivity index (χ0v) is 11.6. The van der Waals surface area contributed by atoms with Crippen LogP contribution in [-0.4, -0.2) is 11.5 Å². The maximum absolute atomic E-state index is 13.9. The van der Waals surface area contributed by atoms with Crippen LogP contribution in [0.4, 0.5) is 4.39 Å². The SMILES string of the molecule is CCNC(c1ccccc1F)c1ncccc1Br. The molecule has 0 fully saturated rings. The van der Waals surface area contributed by atoms with E-state index in [2.05, 4.69) is 26.2 Å². The Hall–Kier alpha value is -1.26. The van der Waals surface area contributed by atoms with Gasteiger partial charge in [-0.25, -0.2) is 4.39 Å². The van der Waals surface area contributed by atoms with Crippen LogP contribution in [0.2, 0.25) is 0 Å². The Morgan fingerprint density at radius 2 is 2.06 bits per heavy atom. The predicted molar refractivity (Wildman–Crippen MR) is 73.9 cm³/mol. The summed E-state index contributed by atoms with van der Waals surface area (Å²) in [5, 5.41) is 3.26. The molecule has 1 atom stereocenters. The Morgan fingerprint density at radius 1 is 1.28 bits per heavy atom. The zero-order chi connectivity index (χ0) is 13.0. The van der Waals surface area contributed by atoms with Crippen molar-refractivity contribution >= 4 is 15.9 Å². The highest BCUT2D eigenvalue weighted by Crippen LogP contribution is 2.27. The second-order valence-electron chi connectivity index (χ2n) is 3.88. The van der Waals surface area contributed by atoms with Gasteiger partial charge in [-0.05, 0) is 40.7 Å². The first kappa shape index (κ1) is 13.2. The van der Waals surface area contributed by atoms with Crippen LogP contribution in [0.3, 0.4) is 0 Å². The summed E-state index contributed by atoms with van der Waals surface area (Å²) in [5.41, 5.74) is 1.41. The maximum Gasteiger partial charge on any atom is 0.128 e. The summed E-state index contributed by atoms with van der Waals surface area (Å²) in [6, 6.07) is 10.3. The topological polar surface area (TPSA) is 24.9 Å². The van der Waals surface area contributed by atoms with Crippen molar-refractivity contribution in [2.24, 2.45) is 0 Å². The van der Waals surface area contributed by atoms with Crippen LogP contribution in [0.25, 0.3) is 0 Å². The van der Waals surface area contributed by atoms with E-state index in [9.17, 15) is 4.39 Å². The minimum atomic E-state index is -0.244. The van der Waals surface area contributed by atoms with E-state index in [1.54, 1.807) is 18.3 Å². The van der Waals surface area contributed by atoms with Gasteiger partial charge in [-0.2, -0.15) is 0 Å². The van der Waals surface area contributed by atoms with Gasteiger partial charge >= 0.3 is 0 Å². The lowest BCUT2D eigenvalue weighted by Gasteiger charge is -2.19. The number of pyridine rings is 1. The van der Waals surface area contributed by atoms with Crippen LogP contribution >= 0.6 is 15.9 Å². The summed E-state index contributed by atoms with van der Waals surface area (Å²) in [5.74, 6) is -0.221. The molecule has 1 unspecified atom stereocenters. The molecule has 0 aliphatic rings. The second kappa shape index (κ2) is 6.07. The molecule has 94 valence electrons. The van der Waals surface area contributed by atoms with Crippen LogP contribution in [0.5, 0.6) is 0 Å². The van der Waals surface area contributed by atoms with Crippen molar-refractivity contribution in [3.63, 3.8) is 0 Å². The number of hydrogen-bond donors (Lipinski definition) is 1. The third kappa shape index (κ3) is 2.76. The van der Waals surface area contributed by atoms with Crippen LogP contribution in [0, 0.1) is 5.82 Å². The van der Waals surface area contributed by atoms with Gasteiger partial charge in [-0.15, -0.1) is 0 Å². The molecule has 2 aromatic rings. The van der Waals surface area contributed by atoms with Gasteiger partial charge in [0.05, 0.1) is 11.7 Å². The van der Waals surface area contributed by atoms with E-state index in [1.807, 2.05) is 25.1 Å². The van der Waals surface area contributed by atoms with Crippen molar-refractivity contribution in [1.82, 2.24) is 10.3 Å². The van der Waals surface area contributed by atoms with Gasteiger partial charge in [0, 0.05) is 16.2 Å². The van der Waals surface area contributed by atoms with Gasteiger partial charge < -0.3 is 5.32 Å². The first-order valence-corrected chi connectivity index (χ1v) is 6.61. The summed E-state index contributed by atoms with van der Waals surface area (Å²) < 4.78 is 14.8. The molecule has 1 heterocycles. The Balaban J connectivity index is 2.47. The molecular formula is C14H14BrFN2. The van der Waals surface area contributed by atoms with Crippen molar-refractivity contribution in [2.45, 2.75) is 13.0 Å². The van der Waals surface area contributed by atoms with Gasteiger partial charge in [0.1, 0.15) is 5.82 Å². The molecule has 0 spiro atoms. The Bertz CT molecular complexity index is 485. The molecule has 1 aromatic carbocycles. The number of halogens is 2. The summed E-state index contributed by atoms with van der Waals surface area (Å²) in [4.78, 5) is 4.34. The third-order valence-corrected chi connectivity index (χ3v) is 3.36. The van der Waals surface area contributed by atoms with Crippen LogP contribution in [-0.2, 0) is 0 Å². The number of hydrogen-bond acceptors (Lipinski definition) is 2. The van der Waals surface area contributed by atoms with E-state index in [0.29, 0.717) is 5.56 Å². The molecule has 1 aromatic heterocycles. The number of aromatic nitrogens is 1. The van der Waals surface area contributed by atoms with E-state index < -0.39 is 0 Å².